The lowest BCUT2D eigenvalue weighted by Gasteiger charge is -2.12. The molecule has 0 saturated heterocycles. The molecular weight excluding hydrogens is 270 g/mol. The molecular formula is C10H15Cl2FN2O2. The van der Waals surface area contributed by atoms with Gasteiger partial charge in [0.1, 0.15) is 5.82 Å². The van der Waals surface area contributed by atoms with Crippen LogP contribution in [0.3, 0.4) is 0 Å². The third-order valence-corrected chi connectivity index (χ3v) is 1.94. The Kier molecular flexibility index (Phi) is 9.94. The SMILES string of the molecule is CCOC(=O)C(CN)c1cncc(F)c1.Cl.Cl. The standard InChI is InChI=1S/C10H13FN2O2.2ClH/c1-2-15-10(14)9(4-12)7-3-8(11)6-13-5-7;;/h3,5-6,9H,2,4,12H2,1H3;2*1H. The van der Waals surface area contributed by atoms with Gasteiger partial charge in [-0.2, -0.15) is 0 Å². The Morgan fingerprint density at radius 3 is 2.65 bits per heavy atom. The monoisotopic (exact) mass is 284 g/mol. The highest BCUT2D eigenvalue weighted by molar-refractivity contribution is 5.85. The molecule has 0 aliphatic heterocycles. The van der Waals surface area contributed by atoms with Crippen LogP contribution in [0.5, 0.6) is 0 Å². The molecule has 4 nitrogen and oxygen atoms in total. The summed E-state index contributed by atoms with van der Waals surface area (Å²) >= 11 is 0. The highest BCUT2D eigenvalue weighted by atomic mass is 35.5. The van der Waals surface area contributed by atoms with Crippen molar-refractivity contribution in [3.63, 3.8) is 0 Å². The summed E-state index contributed by atoms with van der Waals surface area (Å²) < 4.78 is 17.7. The summed E-state index contributed by atoms with van der Waals surface area (Å²) in [6.45, 7) is 2.05. The van der Waals surface area contributed by atoms with Crippen LogP contribution < -0.4 is 5.73 Å². The summed E-state index contributed by atoms with van der Waals surface area (Å²) in [5.41, 5.74) is 5.88. The van der Waals surface area contributed by atoms with Gasteiger partial charge in [-0.15, -0.1) is 24.8 Å². The van der Waals surface area contributed by atoms with Crippen LogP contribution in [-0.2, 0) is 9.53 Å². The van der Waals surface area contributed by atoms with Crippen LogP contribution >= 0.6 is 24.8 Å². The Bertz CT molecular complexity index is 353. The normalized spacial score (nSPS) is 10.8. The zero-order chi connectivity index (χ0) is 11.3. The number of ether oxygens (including phenoxy) is 1. The van der Waals surface area contributed by atoms with Crippen LogP contribution in [0.25, 0.3) is 0 Å². The van der Waals surface area contributed by atoms with Crippen molar-refractivity contribution in [2.75, 3.05) is 13.2 Å². The van der Waals surface area contributed by atoms with Gasteiger partial charge in [0.2, 0.25) is 0 Å². The van der Waals surface area contributed by atoms with Gasteiger partial charge in [-0.1, -0.05) is 0 Å². The molecule has 0 aromatic carbocycles. The Morgan fingerprint density at radius 2 is 2.18 bits per heavy atom. The molecule has 1 aromatic heterocycles. The van der Waals surface area contributed by atoms with Gasteiger partial charge in [-0.05, 0) is 18.6 Å². The summed E-state index contributed by atoms with van der Waals surface area (Å²) in [6, 6.07) is 1.24. The average molecular weight is 285 g/mol. The van der Waals surface area contributed by atoms with E-state index < -0.39 is 17.7 Å². The summed E-state index contributed by atoms with van der Waals surface area (Å²) in [5.74, 6) is -1.59. The Balaban J connectivity index is 0. The van der Waals surface area contributed by atoms with E-state index in [0.717, 1.165) is 6.20 Å². The van der Waals surface area contributed by atoms with Gasteiger partial charge in [0.05, 0.1) is 18.7 Å². The van der Waals surface area contributed by atoms with Crippen LogP contribution in [0.1, 0.15) is 18.4 Å². The third kappa shape index (κ3) is 5.30. The molecule has 1 aromatic rings. The van der Waals surface area contributed by atoms with Crippen molar-refractivity contribution < 1.29 is 13.9 Å². The fourth-order valence-corrected chi connectivity index (χ4v) is 1.23. The van der Waals surface area contributed by atoms with Gasteiger partial charge in [0.25, 0.3) is 0 Å². The maximum absolute atomic E-state index is 12.9. The van der Waals surface area contributed by atoms with Crippen LogP contribution in [0.15, 0.2) is 18.5 Å². The number of pyridine rings is 1. The molecule has 0 aliphatic rings. The van der Waals surface area contributed by atoms with Gasteiger partial charge < -0.3 is 10.5 Å². The van der Waals surface area contributed by atoms with E-state index in [9.17, 15) is 9.18 Å². The molecule has 0 aliphatic carbocycles. The molecule has 1 heterocycles. The number of rotatable bonds is 4. The topological polar surface area (TPSA) is 65.2 Å². The largest absolute Gasteiger partial charge is 0.465 e. The minimum atomic E-state index is -0.645. The zero-order valence-electron chi connectivity index (χ0n) is 9.26. The summed E-state index contributed by atoms with van der Waals surface area (Å²) in [5, 5.41) is 0. The number of carbonyl (C=O) groups is 1. The third-order valence-electron chi connectivity index (χ3n) is 1.94. The van der Waals surface area contributed by atoms with Crippen LogP contribution in [0, 0.1) is 5.82 Å². The van der Waals surface area contributed by atoms with Crippen molar-refractivity contribution in [1.29, 1.82) is 0 Å². The first-order valence-electron chi connectivity index (χ1n) is 4.66. The second-order valence-electron chi connectivity index (χ2n) is 2.98. The first kappa shape index (κ1) is 18.5. The quantitative estimate of drug-likeness (QED) is 0.855. The molecule has 0 spiro atoms. The predicted octanol–water partition coefficient (Wildman–Crippen LogP) is 1.67. The van der Waals surface area contributed by atoms with Crippen LogP contribution in [0.2, 0.25) is 0 Å². The van der Waals surface area contributed by atoms with E-state index in [0.29, 0.717) is 5.56 Å². The predicted molar refractivity (Wildman–Crippen MR) is 67.1 cm³/mol. The van der Waals surface area contributed by atoms with E-state index in [2.05, 4.69) is 4.98 Å². The second kappa shape index (κ2) is 9.15. The highest BCUT2D eigenvalue weighted by Gasteiger charge is 2.20. The van der Waals surface area contributed by atoms with E-state index in [-0.39, 0.29) is 38.0 Å². The van der Waals surface area contributed by atoms with Crippen molar-refractivity contribution in [3.8, 4) is 0 Å². The lowest BCUT2D eigenvalue weighted by atomic mass is 10.0. The Labute approximate surface area is 112 Å². The Hall–Kier alpha value is -0.910. The fraction of sp³-hybridized carbons (Fsp3) is 0.400. The molecule has 7 heteroatoms. The first-order valence-corrected chi connectivity index (χ1v) is 4.66. The number of carbonyl (C=O) groups excluding carboxylic acids is 1. The highest BCUT2D eigenvalue weighted by Crippen LogP contribution is 2.16. The van der Waals surface area contributed by atoms with Crippen molar-refractivity contribution >= 4 is 30.8 Å². The summed E-state index contributed by atoms with van der Waals surface area (Å²) in [4.78, 5) is 15.1. The second-order valence-corrected chi connectivity index (χ2v) is 2.98. The number of aromatic nitrogens is 1. The van der Waals surface area contributed by atoms with E-state index >= 15 is 0 Å². The molecule has 0 fully saturated rings. The molecule has 1 atom stereocenters. The maximum atomic E-state index is 12.9. The molecule has 0 saturated carbocycles. The number of nitrogens with zero attached hydrogens (tertiary/aromatic N) is 1. The van der Waals surface area contributed by atoms with Crippen molar-refractivity contribution in [2.45, 2.75) is 12.8 Å². The summed E-state index contributed by atoms with van der Waals surface area (Å²) in [6.07, 6.45) is 2.49. The number of nitrogens with two attached hydrogens (primary N) is 1. The van der Waals surface area contributed by atoms with Gasteiger partial charge in [0, 0.05) is 12.7 Å². The lowest BCUT2D eigenvalue weighted by molar-refractivity contribution is -0.144. The van der Waals surface area contributed by atoms with Crippen LogP contribution in [0.4, 0.5) is 4.39 Å². The number of esters is 1. The molecule has 1 unspecified atom stereocenters. The van der Waals surface area contributed by atoms with E-state index in [1.54, 1.807) is 6.92 Å². The van der Waals surface area contributed by atoms with E-state index in [1.165, 1.54) is 12.3 Å². The molecule has 98 valence electrons. The van der Waals surface area contributed by atoms with Gasteiger partial charge >= 0.3 is 5.97 Å². The fourth-order valence-electron chi connectivity index (χ4n) is 1.23. The minimum absolute atomic E-state index is 0. The molecule has 0 radical (unpaired) electrons. The lowest BCUT2D eigenvalue weighted by Crippen LogP contribution is -2.24. The first-order chi connectivity index (χ1) is 7.19. The molecule has 1 rings (SSSR count). The van der Waals surface area contributed by atoms with Gasteiger partial charge in [-0.25, -0.2) is 4.39 Å². The van der Waals surface area contributed by atoms with Crippen molar-refractivity contribution in [1.82, 2.24) is 4.98 Å². The van der Waals surface area contributed by atoms with E-state index in [4.69, 9.17) is 10.5 Å². The molecule has 2 N–H and O–H groups in total. The number of hydrogen-bond donors (Lipinski definition) is 1. The zero-order valence-corrected chi connectivity index (χ0v) is 10.9. The maximum Gasteiger partial charge on any atom is 0.314 e. The van der Waals surface area contributed by atoms with Crippen LogP contribution in [-0.4, -0.2) is 24.1 Å². The van der Waals surface area contributed by atoms with E-state index in [1.807, 2.05) is 0 Å². The van der Waals surface area contributed by atoms with Gasteiger partial charge in [-0.3, -0.25) is 9.78 Å². The number of hydrogen-bond acceptors (Lipinski definition) is 4. The summed E-state index contributed by atoms with van der Waals surface area (Å²) in [7, 11) is 0. The van der Waals surface area contributed by atoms with Gasteiger partial charge in [0.15, 0.2) is 0 Å². The van der Waals surface area contributed by atoms with Crippen molar-refractivity contribution in [2.24, 2.45) is 5.73 Å². The average Bonchev–Trinajstić information content (AvgIpc) is 2.19. The smallest absolute Gasteiger partial charge is 0.314 e. The number of halogens is 3. The minimum Gasteiger partial charge on any atom is -0.465 e. The van der Waals surface area contributed by atoms with Crippen molar-refractivity contribution in [3.05, 3.63) is 29.8 Å². The molecule has 17 heavy (non-hydrogen) atoms. The molecule has 0 amide bonds. The Morgan fingerprint density at radius 1 is 1.53 bits per heavy atom. The molecule has 0 bridgehead atoms.